The number of rotatable bonds is 8. The summed E-state index contributed by atoms with van der Waals surface area (Å²) < 4.78 is 25.3. The molecule has 38 heavy (non-hydrogen) atoms. The Bertz CT molecular complexity index is 1380. The summed E-state index contributed by atoms with van der Waals surface area (Å²) >= 11 is 5.95. The van der Waals surface area contributed by atoms with Gasteiger partial charge in [0, 0.05) is 61.4 Å². The maximum Gasteiger partial charge on any atom is 0.248 e. The predicted octanol–water partition coefficient (Wildman–Crippen LogP) is 3.87. The standard InChI is InChI=1S/C27H28ClFN6O3/c28-21-9-16(3-4-22(21)29)33-27-20-10-24(25(11-23(20)31-15-32-27)38-19-5-7-37-14-19)34-26(36)2-1-6-35-13-17-8-18(35)12-30-17/h1-4,9-11,15,17-19,30H,5-8,12-14H2,(H,34,36)(H,31,32,33)/t17?,18?,19-/m0/s1. The smallest absolute Gasteiger partial charge is 0.248 e. The third-order valence-corrected chi connectivity index (χ3v) is 7.43. The minimum absolute atomic E-state index is 0.000549. The molecule has 1 aromatic heterocycles. The topological polar surface area (TPSA) is 101 Å². The summed E-state index contributed by atoms with van der Waals surface area (Å²) in [6.45, 7) is 3.87. The Hall–Kier alpha value is -3.31. The van der Waals surface area contributed by atoms with Crippen molar-refractivity contribution in [1.29, 1.82) is 0 Å². The number of likely N-dealkylation sites (tertiary alicyclic amines) is 1. The van der Waals surface area contributed by atoms with Crippen LogP contribution in [0.4, 0.5) is 21.6 Å². The highest BCUT2D eigenvalue weighted by Gasteiger charge is 2.36. The number of aromatic nitrogens is 2. The van der Waals surface area contributed by atoms with Gasteiger partial charge in [-0.05, 0) is 30.7 Å². The van der Waals surface area contributed by atoms with E-state index in [1.165, 1.54) is 24.9 Å². The Morgan fingerprint density at radius 3 is 3.00 bits per heavy atom. The van der Waals surface area contributed by atoms with Gasteiger partial charge in [-0.2, -0.15) is 0 Å². The van der Waals surface area contributed by atoms with Crippen molar-refractivity contribution in [2.24, 2.45) is 0 Å². The molecule has 3 aliphatic heterocycles. The third-order valence-electron chi connectivity index (χ3n) is 7.14. The van der Waals surface area contributed by atoms with Crippen LogP contribution >= 0.6 is 11.6 Å². The molecule has 3 aromatic rings. The van der Waals surface area contributed by atoms with Gasteiger partial charge >= 0.3 is 0 Å². The highest BCUT2D eigenvalue weighted by atomic mass is 35.5. The van der Waals surface area contributed by atoms with Gasteiger partial charge in [0.05, 0.1) is 29.4 Å². The second kappa shape index (κ2) is 10.8. The lowest BCUT2D eigenvalue weighted by atomic mass is 10.1. The van der Waals surface area contributed by atoms with Gasteiger partial charge in [0.15, 0.2) is 0 Å². The molecule has 198 valence electrons. The number of anilines is 3. The fourth-order valence-corrected chi connectivity index (χ4v) is 5.40. The van der Waals surface area contributed by atoms with Crippen molar-refractivity contribution in [3.63, 3.8) is 0 Å². The zero-order valence-corrected chi connectivity index (χ0v) is 21.4. The summed E-state index contributed by atoms with van der Waals surface area (Å²) in [5.41, 5.74) is 1.69. The minimum Gasteiger partial charge on any atom is -0.486 e. The number of ether oxygens (including phenoxy) is 2. The van der Waals surface area contributed by atoms with Crippen molar-refractivity contribution in [1.82, 2.24) is 20.2 Å². The second-order valence-corrected chi connectivity index (χ2v) is 10.2. The zero-order valence-electron chi connectivity index (χ0n) is 20.6. The number of carbonyl (C=O) groups is 1. The fourth-order valence-electron chi connectivity index (χ4n) is 5.22. The molecule has 0 saturated carbocycles. The Labute approximate surface area is 224 Å². The third kappa shape index (κ3) is 5.44. The molecule has 3 atom stereocenters. The average Bonchev–Trinajstić information content (AvgIpc) is 3.66. The lowest BCUT2D eigenvalue weighted by Gasteiger charge is -2.25. The predicted molar refractivity (Wildman–Crippen MR) is 144 cm³/mol. The maximum absolute atomic E-state index is 13.6. The van der Waals surface area contributed by atoms with E-state index in [9.17, 15) is 9.18 Å². The Morgan fingerprint density at radius 1 is 1.32 bits per heavy atom. The molecule has 3 N–H and O–H groups in total. The van der Waals surface area contributed by atoms with E-state index >= 15 is 0 Å². The summed E-state index contributed by atoms with van der Waals surface area (Å²) in [6.07, 6.45) is 6.72. The van der Waals surface area contributed by atoms with Gasteiger partial charge in [-0.25, -0.2) is 14.4 Å². The molecule has 6 rings (SSSR count). The van der Waals surface area contributed by atoms with Crippen molar-refractivity contribution in [2.45, 2.75) is 31.0 Å². The summed E-state index contributed by atoms with van der Waals surface area (Å²) in [4.78, 5) is 24.1. The van der Waals surface area contributed by atoms with Gasteiger partial charge in [0.2, 0.25) is 5.91 Å². The van der Waals surface area contributed by atoms with E-state index in [1.54, 1.807) is 24.3 Å². The van der Waals surface area contributed by atoms with E-state index in [4.69, 9.17) is 21.1 Å². The maximum atomic E-state index is 13.6. The molecule has 9 nitrogen and oxygen atoms in total. The van der Waals surface area contributed by atoms with Crippen LogP contribution in [0.2, 0.25) is 5.02 Å². The first-order valence-electron chi connectivity index (χ1n) is 12.7. The molecule has 4 heterocycles. The molecule has 1 amide bonds. The van der Waals surface area contributed by atoms with E-state index in [-0.39, 0.29) is 17.0 Å². The Morgan fingerprint density at radius 2 is 2.24 bits per heavy atom. The lowest BCUT2D eigenvalue weighted by molar-refractivity contribution is -0.111. The number of hydrogen-bond acceptors (Lipinski definition) is 8. The van der Waals surface area contributed by atoms with Gasteiger partial charge in [-0.3, -0.25) is 9.69 Å². The van der Waals surface area contributed by atoms with Crippen molar-refractivity contribution >= 4 is 45.6 Å². The molecular formula is C27H28ClFN6O3. The molecule has 11 heteroatoms. The first kappa shape index (κ1) is 25.0. The summed E-state index contributed by atoms with van der Waals surface area (Å²) in [5, 5.41) is 10.3. The van der Waals surface area contributed by atoms with E-state index in [0.29, 0.717) is 59.1 Å². The van der Waals surface area contributed by atoms with Crippen molar-refractivity contribution in [3.8, 4) is 5.75 Å². The van der Waals surface area contributed by atoms with Crippen LogP contribution in [0.1, 0.15) is 12.8 Å². The molecule has 0 spiro atoms. The molecule has 3 fully saturated rings. The molecule has 0 radical (unpaired) electrons. The van der Waals surface area contributed by atoms with E-state index in [0.717, 1.165) is 26.1 Å². The molecule has 2 bridgehead atoms. The number of nitrogens with zero attached hydrogens (tertiary/aromatic N) is 3. The molecule has 3 aliphatic rings. The SMILES string of the molecule is O=C(C=CCN1CC2CC1CN2)Nc1cc2c(Nc3ccc(F)c(Cl)c3)ncnc2cc1O[C@H]1CCOC1. The van der Waals surface area contributed by atoms with Crippen LogP contribution in [0.5, 0.6) is 5.75 Å². The minimum atomic E-state index is -0.505. The Kier molecular flexibility index (Phi) is 7.12. The largest absolute Gasteiger partial charge is 0.486 e. The van der Waals surface area contributed by atoms with Crippen molar-refractivity contribution in [2.75, 3.05) is 43.5 Å². The van der Waals surface area contributed by atoms with Crippen LogP contribution in [-0.4, -0.2) is 71.8 Å². The van der Waals surface area contributed by atoms with Gasteiger partial charge < -0.3 is 25.4 Å². The molecule has 0 aliphatic carbocycles. The highest BCUT2D eigenvalue weighted by molar-refractivity contribution is 6.31. The second-order valence-electron chi connectivity index (χ2n) is 9.79. The molecule has 3 saturated heterocycles. The number of amides is 1. The van der Waals surface area contributed by atoms with Gasteiger partial charge in [0.1, 0.15) is 29.8 Å². The Balaban J connectivity index is 1.25. The number of benzene rings is 2. The molecule has 2 unspecified atom stereocenters. The first-order chi connectivity index (χ1) is 18.5. The van der Waals surface area contributed by atoms with Gasteiger partial charge in [-0.1, -0.05) is 17.7 Å². The van der Waals surface area contributed by atoms with Gasteiger partial charge in [0.25, 0.3) is 0 Å². The summed E-state index contributed by atoms with van der Waals surface area (Å²) in [6, 6.07) is 9.02. The summed E-state index contributed by atoms with van der Waals surface area (Å²) in [5.74, 6) is 0.231. The first-order valence-corrected chi connectivity index (χ1v) is 13.1. The fraction of sp³-hybridized carbons (Fsp3) is 0.370. The zero-order chi connectivity index (χ0) is 26.1. The number of nitrogens with one attached hydrogen (secondary N) is 3. The quantitative estimate of drug-likeness (QED) is 0.372. The van der Waals surface area contributed by atoms with Crippen molar-refractivity contribution < 1.29 is 18.7 Å². The molecular weight excluding hydrogens is 511 g/mol. The lowest BCUT2D eigenvalue weighted by Crippen LogP contribution is -2.43. The normalized spacial score (nSPS) is 22.9. The number of piperazine rings is 1. The van der Waals surface area contributed by atoms with Crippen LogP contribution in [-0.2, 0) is 9.53 Å². The van der Waals surface area contributed by atoms with Crippen LogP contribution in [0.15, 0.2) is 48.8 Å². The monoisotopic (exact) mass is 538 g/mol. The average molecular weight is 539 g/mol. The number of carbonyl (C=O) groups excluding carboxylic acids is 1. The summed E-state index contributed by atoms with van der Waals surface area (Å²) in [7, 11) is 0. The number of halogens is 2. The van der Waals surface area contributed by atoms with Crippen LogP contribution < -0.4 is 20.7 Å². The van der Waals surface area contributed by atoms with Crippen LogP contribution in [0, 0.1) is 5.82 Å². The van der Waals surface area contributed by atoms with Crippen LogP contribution in [0.25, 0.3) is 10.9 Å². The van der Waals surface area contributed by atoms with E-state index in [1.807, 2.05) is 6.08 Å². The number of hydrogen-bond donors (Lipinski definition) is 3. The van der Waals surface area contributed by atoms with E-state index in [2.05, 4.69) is 30.8 Å². The highest BCUT2D eigenvalue weighted by Crippen LogP contribution is 2.35. The number of fused-ring (bicyclic) bond motifs is 3. The van der Waals surface area contributed by atoms with Crippen molar-refractivity contribution in [3.05, 3.63) is 59.7 Å². The van der Waals surface area contributed by atoms with E-state index < -0.39 is 5.82 Å². The van der Waals surface area contributed by atoms with Gasteiger partial charge in [-0.15, -0.1) is 0 Å². The molecule has 2 aromatic carbocycles. The van der Waals surface area contributed by atoms with Crippen LogP contribution in [0.3, 0.4) is 0 Å².